The molecule has 1 fully saturated rings. The lowest BCUT2D eigenvalue weighted by Crippen LogP contribution is -2.36. The molecule has 2 N–H and O–H groups in total. The van der Waals surface area contributed by atoms with Crippen molar-refractivity contribution in [1.29, 1.82) is 0 Å². The predicted octanol–water partition coefficient (Wildman–Crippen LogP) is 1.88. The molecule has 0 unspecified atom stereocenters. The average molecular weight is 318 g/mol. The van der Waals surface area contributed by atoms with Gasteiger partial charge in [-0.2, -0.15) is 0 Å². The number of amides is 1. The summed E-state index contributed by atoms with van der Waals surface area (Å²) < 4.78 is 5.36. The predicted molar refractivity (Wildman–Crippen MR) is 78.4 cm³/mol. The first-order valence-electron chi connectivity index (χ1n) is 6.56. The van der Waals surface area contributed by atoms with Crippen LogP contribution >= 0.6 is 23.2 Å². The van der Waals surface area contributed by atoms with Crippen LogP contribution in [0.15, 0.2) is 12.3 Å². The third-order valence-electron chi connectivity index (χ3n) is 2.85. The van der Waals surface area contributed by atoms with Crippen molar-refractivity contribution in [1.82, 2.24) is 15.6 Å². The van der Waals surface area contributed by atoms with Gasteiger partial charge in [0.25, 0.3) is 0 Å². The lowest BCUT2D eigenvalue weighted by atomic mass is 10.4. The van der Waals surface area contributed by atoms with Crippen molar-refractivity contribution < 1.29 is 9.53 Å². The molecule has 5 nitrogen and oxygen atoms in total. The SMILES string of the molecule is O=C(CNCC1CC1)NCCOc1ncc(Cl)cc1Cl. The Labute approximate surface area is 128 Å². The second-order valence-corrected chi connectivity index (χ2v) is 5.56. The molecule has 1 saturated carbocycles. The summed E-state index contributed by atoms with van der Waals surface area (Å²) >= 11 is 11.6. The van der Waals surface area contributed by atoms with Gasteiger partial charge in [-0.25, -0.2) is 4.98 Å². The second-order valence-electron chi connectivity index (χ2n) is 4.71. The molecule has 0 radical (unpaired) electrons. The topological polar surface area (TPSA) is 63.2 Å². The van der Waals surface area contributed by atoms with Crippen LogP contribution in [0.1, 0.15) is 12.8 Å². The first-order valence-corrected chi connectivity index (χ1v) is 7.32. The highest BCUT2D eigenvalue weighted by molar-refractivity contribution is 6.35. The van der Waals surface area contributed by atoms with Crippen molar-refractivity contribution in [2.75, 3.05) is 26.2 Å². The van der Waals surface area contributed by atoms with Gasteiger partial charge in [0.15, 0.2) is 0 Å². The zero-order chi connectivity index (χ0) is 14.4. The molecule has 2 rings (SSSR count). The molecule has 1 heterocycles. The Hall–Kier alpha value is -1.04. The Morgan fingerprint density at radius 3 is 2.95 bits per heavy atom. The fourth-order valence-corrected chi connectivity index (χ4v) is 2.06. The summed E-state index contributed by atoms with van der Waals surface area (Å²) in [5.74, 6) is 1.05. The third kappa shape index (κ3) is 5.53. The molecule has 0 aliphatic heterocycles. The van der Waals surface area contributed by atoms with Crippen molar-refractivity contribution >= 4 is 29.1 Å². The lowest BCUT2D eigenvalue weighted by molar-refractivity contribution is -0.120. The first-order chi connectivity index (χ1) is 9.65. The molecule has 1 aliphatic carbocycles. The molecule has 0 atom stereocenters. The molecule has 110 valence electrons. The molecule has 7 heteroatoms. The van der Waals surface area contributed by atoms with Gasteiger partial charge in [-0.05, 0) is 31.4 Å². The summed E-state index contributed by atoms with van der Waals surface area (Å²) in [5, 5.41) is 6.69. The van der Waals surface area contributed by atoms with E-state index in [1.165, 1.54) is 19.0 Å². The Morgan fingerprint density at radius 2 is 2.25 bits per heavy atom. The van der Waals surface area contributed by atoms with Crippen LogP contribution in [0, 0.1) is 5.92 Å². The third-order valence-corrected chi connectivity index (χ3v) is 3.33. The molecular weight excluding hydrogens is 301 g/mol. The van der Waals surface area contributed by atoms with Crippen molar-refractivity contribution in [3.63, 3.8) is 0 Å². The molecule has 1 amide bonds. The molecular formula is C13H17Cl2N3O2. The first kappa shape index (κ1) is 15.4. The number of carbonyl (C=O) groups is 1. The molecule has 0 saturated heterocycles. The van der Waals surface area contributed by atoms with Crippen LogP contribution in [0.2, 0.25) is 10.0 Å². The van der Waals surface area contributed by atoms with E-state index >= 15 is 0 Å². The maximum atomic E-state index is 11.5. The molecule has 0 spiro atoms. The molecule has 1 aromatic rings. The van der Waals surface area contributed by atoms with E-state index in [0.717, 1.165) is 12.5 Å². The summed E-state index contributed by atoms with van der Waals surface area (Å²) in [4.78, 5) is 15.4. The summed E-state index contributed by atoms with van der Waals surface area (Å²) in [6.07, 6.45) is 4.01. The molecule has 0 aromatic carbocycles. The summed E-state index contributed by atoms with van der Waals surface area (Å²) in [7, 11) is 0. The molecule has 20 heavy (non-hydrogen) atoms. The van der Waals surface area contributed by atoms with E-state index in [0.29, 0.717) is 35.6 Å². The van der Waals surface area contributed by atoms with E-state index in [-0.39, 0.29) is 5.91 Å². The van der Waals surface area contributed by atoms with Crippen molar-refractivity contribution in [2.24, 2.45) is 5.92 Å². The fourth-order valence-electron chi connectivity index (χ4n) is 1.62. The minimum atomic E-state index is -0.0376. The fraction of sp³-hybridized carbons (Fsp3) is 0.538. The molecule has 1 aromatic heterocycles. The number of hydrogen-bond donors (Lipinski definition) is 2. The Bertz CT molecular complexity index is 467. The van der Waals surface area contributed by atoms with E-state index in [1.807, 2.05) is 0 Å². The minimum Gasteiger partial charge on any atom is -0.475 e. The minimum absolute atomic E-state index is 0.0376. The van der Waals surface area contributed by atoms with Gasteiger partial charge in [-0.15, -0.1) is 0 Å². The van der Waals surface area contributed by atoms with Crippen LogP contribution in [0.5, 0.6) is 5.88 Å². The number of hydrogen-bond acceptors (Lipinski definition) is 4. The van der Waals surface area contributed by atoms with Crippen molar-refractivity contribution in [3.8, 4) is 5.88 Å². The highest BCUT2D eigenvalue weighted by atomic mass is 35.5. The molecule has 1 aliphatic rings. The maximum Gasteiger partial charge on any atom is 0.234 e. The van der Waals surface area contributed by atoms with Gasteiger partial charge in [0.1, 0.15) is 11.6 Å². The van der Waals surface area contributed by atoms with Crippen LogP contribution in [0.25, 0.3) is 0 Å². The van der Waals surface area contributed by atoms with Crippen LogP contribution in [-0.2, 0) is 4.79 Å². The summed E-state index contributed by atoms with van der Waals surface area (Å²) in [6, 6.07) is 1.56. The van der Waals surface area contributed by atoms with Gasteiger partial charge in [-0.1, -0.05) is 23.2 Å². The van der Waals surface area contributed by atoms with E-state index < -0.39 is 0 Å². The number of aromatic nitrogens is 1. The van der Waals surface area contributed by atoms with Crippen LogP contribution in [-0.4, -0.2) is 37.1 Å². The number of pyridine rings is 1. The maximum absolute atomic E-state index is 11.5. The van der Waals surface area contributed by atoms with Gasteiger partial charge >= 0.3 is 0 Å². The van der Waals surface area contributed by atoms with Crippen LogP contribution < -0.4 is 15.4 Å². The van der Waals surface area contributed by atoms with Crippen LogP contribution in [0.3, 0.4) is 0 Å². The highest BCUT2D eigenvalue weighted by Crippen LogP contribution is 2.27. The van der Waals surface area contributed by atoms with Gasteiger partial charge in [0.05, 0.1) is 18.1 Å². The van der Waals surface area contributed by atoms with Gasteiger partial charge < -0.3 is 15.4 Å². The number of rotatable bonds is 8. The zero-order valence-corrected chi connectivity index (χ0v) is 12.5. The summed E-state index contributed by atoms with van der Waals surface area (Å²) in [6.45, 7) is 1.98. The van der Waals surface area contributed by atoms with Crippen molar-refractivity contribution in [3.05, 3.63) is 22.3 Å². The standard InChI is InChI=1S/C13H17Cl2N3O2/c14-10-5-11(15)13(18-7-10)20-4-3-17-12(19)8-16-6-9-1-2-9/h5,7,9,16H,1-4,6,8H2,(H,17,19). The van der Waals surface area contributed by atoms with Gasteiger partial charge in [0, 0.05) is 6.20 Å². The van der Waals surface area contributed by atoms with Crippen molar-refractivity contribution in [2.45, 2.75) is 12.8 Å². The van der Waals surface area contributed by atoms with Gasteiger partial charge in [0.2, 0.25) is 11.8 Å². The largest absolute Gasteiger partial charge is 0.475 e. The number of halogens is 2. The second kappa shape index (κ2) is 7.67. The van der Waals surface area contributed by atoms with E-state index in [1.54, 1.807) is 6.07 Å². The Morgan fingerprint density at radius 1 is 1.45 bits per heavy atom. The summed E-state index contributed by atoms with van der Waals surface area (Å²) in [5.41, 5.74) is 0. The van der Waals surface area contributed by atoms with E-state index in [2.05, 4.69) is 15.6 Å². The highest BCUT2D eigenvalue weighted by Gasteiger charge is 2.20. The number of nitrogens with zero attached hydrogens (tertiary/aromatic N) is 1. The number of ether oxygens (including phenoxy) is 1. The monoisotopic (exact) mass is 317 g/mol. The normalized spacial score (nSPS) is 14.1. The zero-order valence-electron chi connectivity index (χ0n) is 11.0. The quantitative estimate of drug-likeness (QED) is 0.719. The Kier molecular flexibility index (Phi) is 5.88. The average Bonchev–Trinajstić information content (AvgIpc) is 3.21. The van der Waals surface area contributed by atoms with E-state index in [9.17, 15) is 4.79 Å². The van der Waals surface area contributed by atoms with Gasteiger partial charge in [-0.3, -0.25) is 4.79 Å². The smallest absolute Gasteiger partial charge is 0.234 e. The number of carbonyl (C=O) groups excluding carboxylic acids is 1. The van der Waals surface area contributed by atoms with Crippen LogP contribution in [0.4, 0.5) is 0 Å². The lowest BCUT2D eigenvalue weighted by Gasteiger charge is -2.08. The Balaban J connectivity index is 1.56. The molecule has 0 bridgehead atoms. The van der Waals surface area contributed by atoms with E-state index in [4.69, 9.17) is 27.9 Å². The number of nitrogens with one attached hydrogen (secondary N) is 2.